The number of nitrogens with zero attached hydrogens (tertiary/aromatic N) is 4. The van der Waals surface area contributed by atoms with Crippen molar-refractivity contribution in [3.8, 4) is 11.5 Å². The van der Waals surface area contributed by atoms with Gasteiger partial charge in [0.1, 0.15) is 0 Å². The fourth-order valence-corrected chi connectivity index (χ4v) is 3.90. The summed E-state index contributed by atoms with van der Waals surface area (Å²) in [5.41, 5.74) is 2.69. The molecule has 0 atom stereocenters. The van der Waals surface area contributed by atoms with Gasteiger partial charge in [0.05, 0.1) is 5.75 Å². The van der Waals surface area contributed by atoms with Gasteiger partial charge in [-0.05, 0) is 49.5 Å². The minimum atomic E-state index is -0.130. The quantitative estimate of drug-likeness (QED) is 0.579. The summed E-state index contributed by atoms with van der Waals surface area (Å²) in [5.74, 6) is 0.423. The highest BCUT2D eigenvalue weighted by molar-refractivity contribution is 7.99. The molecule has 0 spiro atoms. The van der Waals surface area contributed by atoms with Gasteiger partial charge < -0.3 is 19.5 Å². The highest BCUT2D eigenvalue weighted by Crippen LogP contribution is 2.25. The van der Waals surface area contributed by atoms with Crippen molar-refractivity contribution in [2.75, 3.05) is 49.2 Å². The zero-order valence-electron chi connectivity index (χ0n) is 16.5. The zero-order chi connectivity index (χ0) is 20.9. The molecule has 1 fully saturated rings. The Morgan fingerprint density at radius 1 is 1.13 bits per heavy atom. The molecule has 1 aromatic heterocycles. The normalized spacial score (nSPS) is 14.7. The second kappa shape index (κ2) is 9.51. The van der Waals surface area contributed by atoms with Crippen molar-refractivity contribution in [3.63, 3.8) is 0 Å². The van der Waals surface area contributed by atoms with E-state index in [-0.39, 0.29) is 11.7 Å². The van der Waals surface area contributed by atoms with Crippen LogP contribution in [0.2, 0.25) is 5.02 Å². The average molecular weight is 444 g/mol. The predicted octanol–water partition coefficient (Wildman–Crippen LogP) is 3.87. The number of benzene rings is 2. The predicted molar refractivity (Wildman–Crippen MR) is 120 cm³/mol. The molecular weight excluding hydrogens is 422 g/mol. The van der Waals surface area contributed by atoms with Crippen LogP contribution in [0.25, 0.3) is 11.5 Å². The molecule has 7 nitrogen and oxygen atoms in total. The van der Waals surface area contributed by atoms with Crippen molar-refractivity contribution in [1.82, 2.24) is 15.1 Å². The second-order valence-electron chi connectivity index (χ2n) is 7.06. The van der Waals surface area contributed by atoms with Crippen molar-refractivity contribution in [2.24, 2.45) is 0 Å². The van der Waals surface area contributed by atoms with Crippen LogP contribution in [0.4, 0.5) is 11.4 Å². The average Bonchev–Trinajstić information content (AvgIpc) is 3.23. The van der Waals surface area contributed by atoms with E-state index in [1.165, 1.54) is 17.4 Å². The summed E-state index contributed by atoms with van der Waals surface area (Å²) in [7, 11) is 2.14. The van der Waals surface area contributed by atoms with Crippen LogP contribution in [0.1, 0.15) is 0 Å². The number of piperazine rings is 1. The molecule has 0 saturated carbocycles. The van der Waals surface area contributed by atoms with Crippen molar-refractivity contribution in [2.45, 2.75) is 5.22 Å². The number of carbonyl (C=O) groups excluding carboxylic acids is 1. The first-order chi connectivity index (χ1) is 14.6. The third-order valence-corrected chi connectivity index (χ3v) is 5.88. The molecule has 2 heterocycles. The number of nitrogens with one attached hydrogen (secondary N) is 1. The maximum absolute atomic E-state index is 12.3. The zero-order valence-corrected chi connectivity index (χ0v) is 18.1. The molecule has 0 unspecified atom stereocenters. The van der Waals surface area contributed by atoms with Crippen LogP contribution in [-0.4, -0.2) is 60.0 Å². The van der Waals surface area contributed by atoms with E-state index in [0.717, 1.165) is 37.4 Å². The fourth-order valence-electron chi connectivity index (χ4n) is 3.15. The number of hydrogen-bond donors (Lipinski definition) is 1. The van der Waals surface area contributed by atoms with Gasteiger partial charge in [0, 0.05) is 48.1 Å². The minimum absolute atomic E-state index is 0.130. The lowest BCUT2D eigenvalue weighted by molar-refractivity contribution is -0.113. The second-order valence-corrected chi connectivity index (χ2v) is 8.42. The smallest absolute Gasteiger partial charge is 0.277 e. The first kappa shape index (κ1) is 20.7. The summed E-state index contributed by atoms with van der Waals surface area (Å²) in [6.07, 6.45) is 0. The van der Waals surface area contributed by atoms with E-state index in [1.807, 2.05) is 36.4 Å². The number of halogens is 1. The SMILES string of the molecule is CN1CCN(c2ccc(NC(=O)CSc3nnc(-c4cccc(Cl)c4)o3)cc2)CC1. The summed E-state index contributed by atoms with van der Waals surface area (Å²) in [4.78, 5) is 17.0. The van der Waals surface area contributed by atoms with Crippen LogP contribution in [0.3, 0.4) is 0 Å². The summed E-state index contributed by atoms with van der Waals surface area (Å²) in [6, 6.07) is 15.1. The van der Waals surface area contributed by atoms with Gasteiger partial charge in [-0.2, -0.15) is 0 Å². The van der Waals surface area contributed by atoms with E-state index < -0.39 is 0 Å². The lowest BCUT2D eigenvalue weighted by Gasteiger charge is -2.34. The Morgan fingerprint density at radius 3 is 2.63 bits per heavy atom. The first-order valence-electron chi connectivity index (χ1n) is 9.62. The summed E-state index contributed by atoms with van der Waals surface area (Å²) >= 11 is 7.18. The number of carbonyl (C=O) groups is 1. The fraction of sp³-hybridized carbons (Fsp3) is 0.286. The number of anilines is 2. The standard InChI is InChI=1S/C21H22ClN5O2S/c1-26-9-11-27(12-10-26)18-7-5-17(6-8-18)23-19(28)14-30-21-25-24-20(29-21)15-3-2-4-16(22)13-15/h2-8,13H,9-12,14H2,1H3,(H,23,28). The maximum Gasteiger partial charge on any atom is 0.277 e. The summed E-state index contributed by atoms with van der Waals surface area (Å²) in [5, 5.41) is 11.8. The molecule has 1 saturated heterocycles. The highest BCUT2D eigenvalue weighted by Gasteiger charge is 2.15. The van der Waals surface area contributed by atoms with Gasteiger partial charge in [-0.3, -0.25) is 4.79 Å². The Kier molecular flexibility index (Phi) is 6.56. The van der Waals surface area contributed by atoms with Gasteiger partial charge in [0.2, 0.25) is 11.8 Å². The van der Waals surface area contributed by atoms with E-state index in [4.69, 9.17) is 16.0 Å². The Morgan fingerprint density at radius 2 is 1.90 bits per heavy atom. The molecule has 1 aliphatic heterocycles. The molecule has 1 amide bonds. The van der Waals surface area contributed by atoms with Crippen molar-refractivity contribution < 1.29 is 9.21 Å². The Balaban J connectivity index is 1.28. The summed E-state index contributed by atoms with van der Waals surface area (Å²) < 4.78 is 5.61. The molecular formula is C21H22ClN5O2S. The minimum Gasteiger partial charge on any atom is -0.411 e. The van der Waals surface area contributed by atoms with Gasteiger partial charge in [-0.1, -0.05) is 29.4 Å². The third-order valence-electron chi connectivity index (χ3n) is 4.82. The van der Waals surface area contributed by atoms with Crippen molar-refractivity contribution in [1.29, 1.82) is 0 Å². The number of thioether (sulfide) groups is 1. The van der Waals surface area contributed by atoms with E-state index in [1.54, 1.807) is 12.1 Å². The van der Waals surface area contributed by atoms with Crippen LogP contribution in [0, 0.1) is 0 Å². The number of rotatable bonds is 6. The largest absolute Gasteiger partial charge is 0.411 e. The van der Waals surface area contributed by atoms with E-state index in [2.05, 4.69) is 32.4 Å². The molecule has 3 aromatic rings. The van der Waals surface area contributed by atoms with Crippen molar-refractivity contribution in [3.05, 3.63) is 53.6 Å². The Bertz CT molecular complexity index is 1000. The maximum atomic E-state index is 12.3. The molecule has 0 radical (unpaired) electrons. The first-order valence-corrected chi connectivity index (χ1v) is 11.0. The number of likely N-dealkylation sites (N-methyl/N-ethyl adjacent to an activating group) is 1. The van der Waals surface area contributed by atoms with Crippen LogP contribution in [-0.2, 0) is 4.79 Å². The molecule has 30 heavy (non-hydrogen) atoms. The molecule has 1 N–H and O–H groups in total. The van der Waals surface area contributed by atoms with Gasteiger partial charge in [0.25, 0.3) is 5.22 Å². The molecule has 156 valence electrons. The van der Waals surface area contributed by atoms with Crippen LogP contribution < -0.4 is 10.2 Å². The van der Waals surface area contributed by atoms with E-state index in [9.17, 15) is 4.79 Å². The number of amides is 1. The third kappa shape index (κ3) is 5.33. The van der Waals surface area contributed by atoms with Crippen LogP contribution >= 0.6 is 23.4 Å². The Hall–Kier alpha value is -2.55. The molecule has 4 rings (SSSR count). The molecule has 0 bridgehead atoms. The lowest BCUT2D eigenvalue weighted by atomic mass is 10.2. The monoisotopic (exact) mass is 443 g/mol. The van der Waals surface area contributed by atoms with Crippen molar-refractivity contribution >= 4 is 40.6 Å². The molecule has 2 aromatic carbocycles. The molecule has 1 aliphatic rings. The Labute approximate surface area is 184 Å². The van der Waals surface area contributed by atoms with Gasteiger partial charge in [-0.25, -0.2) is 0 Å². The lowest BCUT2D eigenvalue weighted by Crippen LogP contribution is -2.44. The van der Waals surface area contributed by atoms with Gasteiger partial charge >= 0.3 is 0 Å². The van der Waals surface area contributed by atoms with Gasteiger partial charge in [-0.15, -0.1) is 10.2 Å². The summed E-state index contributed by atoms with van der Waals surface area (Å²) in [6.45, 7) is 4.15. The highest BCUT2D eigenvalue weighted by atomic mass is 35.5. The van der Waals surface area contributed by atoms with Crippen LogP contribution in [0.15, 0.2) is 58.2 Å². The topological polar surface area (TPSA) is 74.5 Å². The molecule has 0 aliphatic carbocycles. The van der Waals surface area contributed by atoms with Gasteiger partial charge in [0.15, 0.2) is 0 Å². The molecule has 9 heteroatoms. The number of hydrogen-bond acceptors (Lipinski definition) is 7. The number of aromatic nitrogens is 2. The van der Waals surface area contributed by atoms with E-state index in [0.29, 0.717) is 16.1 Å². The van der Waals surface area contributed by atoms with Crippen LogP contribution in [0.5, 0.6) is 0 Å². The van der Waals surface area contributed by atoms with E-state index >= 15 is 0 Å².